The maximum absolute atomic E-state index is 13.7. The second kappa shape index (κ2) is 11.2. The molecule has 0 saturated heterocycles. The van der Waals surface area contributed by atoms with Crippen LogP contribution in [0.4, 0.5) is 8.78 Å². The van der Waals surface area contributed by atoms with Gasteiger partial charge in [-0.05, 0) is 47.0 Å². The molecule has 0 aliphatic carbocycles. The second-order valence-electron chi connectivity index (χ2n) is 9.11. The van der Waals surface area contributed by atoms with Crippen molar-refractivity contribution in [1.29, 1.82) is 0 Å². The summed E-state index contributed by atoms with van der Waals surface area (Å²) in [6.07, 6.45) is 4.68. The molecular weight excluding hydrogens is 542 g/mol. The standard InChI is InChI=1S/C29H24F2N2O4S2/c1-39(35,36)33-28(34)12-13-38-29-22-5-3-2-4-20(22)17-37-27-11-7-18(14-23(27)29)6-9-21-10-8-19-15-24(30)25(31)16-26(19)32-21/h2-11,14-16,29H,12-13,17H2,1H3,(H,33,34)/b9-6+. The monoisotopic (exact) mass is 566 g/mol. The average molecular weight is 567 g/mol. The molecule has 4 aromatic rings. The lowest BCUT2D eigenvalue weighted by molar-refractivity contribution is -0.118. The van der Waals surface area contributed by atoms with Crippen LogP contribution >= 0.6 is 11.8 Å². The third kappa shape index (κ3) is 6.46. The minimum absolute atomic E-state index is 0.0459. The minimum Gasteiger partial charge on any atom is -0.489 e. The minimum atomic E-state index is -3.61. The number of nitrogens with one attached hydrogen (secondary N) is 1. The van der Waals surface area contributed by atoms with Crippen molar-refractivity contribution in [3.05, 3.63) is 106 Å². The number of carbonyl (C=O) groups excluding carboxylic acids is 1. The molecule has 39 heavy (non-hydrogen) atoms. The third-order valence-corrected chi connectivity index (χ3v) is 8.03. The molecular formula is C29H24F2N2O4S2. The van der Waals surface area contributed by atoms with Crippen molar-refractivity contribution in [2.75, 3.05) is 12.0 Å². The van der Waals surface area contributed by atoms with E-state index in [1.54, 1.807) is 18.2 Å². The molecule has 10 heteroatoms. The quantitative estimate of drug-likeness (QED) is 0.302. The van der Waals surface area contributed by atoms with Crippen LogP contribution in [0.1, 0.15) is 39.6 Å². The van der Waals surface area contributed by atoms with Gasteiger partial charge in [-0.25, -0.2) is 22.2 Å². The van der Waals surface area contributed by atoms with Gasteiger partial charge in [-0.2, -0.15) is 0 Å². The van der Waals surface area contributed by atoms with Gasteiger partial charge in [0.15, 0.2) is 11.6 Å². The Bertz CT molecular complexity index is 1710. The zero-order valence-electron chi connectivity index (χ0n) is 20.9. The molecule has 1 amide bonds. The molecule has 5 rings (SSSR count). The zero-order valence-corrected chi connectivity index (χ0v) is 22.5. The van der Waals surface area contributed by atoms with E-state index in [2.05, 4.69) is 4.98 Å². The van der Waals surface area contributed by atoms with Gasteiger partial charge in [-0.1, -0.05) is 42.5 Å². The van der Waals surface area contributed by atoms with Gasteiger partial charge in [-0.15, -0.1) is 11.8 Å². The van der Waals surface area contributed by atoms with Gasteiger partial charge in [0, 0.05) is 29.2 Å². The fourth-order valence-corrected chi connectivity index (χ4v) is 6.19. The molecule has 0 fully saturated rings. The fraction of sp³-hybridized carbons (Fsp3) is 0.172. The molecule has 2 heterocycles. The number of hydrogen-bond donors (Lipinski definition) is 1. The Hall–Kier alpha value is -3.76. The van der Waals surface area contributed by atoms with Crippen molar-refractivity contribution in [3.63, 3.8) is 0 Å². The number of fused-ring (bicyclic) bond motifs is 3. The summed E-state index contributed by atoms with van der Waals surface area (Å²) in [5, 5.41) is 0.367. The lowest BCUT2D eigenvalue weighted by Crippen LogP contribution is -2.29. The van der Waals surface area contributed by atoms with Gasteiger partial charge in [0.25, 0.3) is 0 Å². The van der Waals surface area contributed by atoms with Crippen molar-refractivity contribution in [2.45, 2.75) is 18.3 Å². The number of halogens is 2. The van der Waals surface area contributed by atoms with Crippen LogP contribution in [-0.2, 0) is 21.4 Å². The average Bonchev–Trinajstić information content (AvgIpc) is 3.04. The Labute approximate surface area is 229 Å². The van der Waals surface area contributed by atoms with Crippen molar-refractivity contribution < 1.29 is 26.7 Å². The second-order valence-corrected chi connectivity index (χ2v) is 12.1. The van der Waals surface area contributed by atoms with E-state index in [0.29, 0.717) is 29.0 Å². The molecule has 0 radical (unpaired) electrons. The number of carbonyl (C=O) groups is 1. The van der Waals surface area contributed by atoms with Crippen molar-refractivity contribution >= 4 is 50.7 Å². The van der Waals surface area contributed by atoms with E-state index in [9.17, 15) is 22.0 Å². The smallest absolute Gasteiger partial charge is 0.234 e. The van der Waals surface area contributed by atoms with Gasteiger partial charge < -0.3 is 4.74 Å². The molecule has 3 aromatic carbocycles. The summed E-state index contributed by atoms with van der Waals surface area (Å²) >= 11 is 1.54. The zero-order chi connectivity index (χ0) is 27.6. The van der Waals surface area contributed by atoms with Crippen molar-refractivity contribution in [2.24, 2.45) is 0 Å². The highest BCUT2D eigenvalue weighted by Gasteiger charge is 2.25. The number of benzene rings is 3. The molecule has 1 aliphatic rings. The molecule has 0 bridgehead atoms. The van der Waals surface area contributed by atoms with E-state index in [4.69, 9.17) is 4.74 Å². The van der Waals surface area contributed by atoms with E-state index >= 15 is 0 Å². The van der Waals surface area contributed by atoms with Gasteiger partial charge in [0.1, 0.15) is 12.4 Å². The Balaban J connectivity index is 1.42. The summed E-state index contributed by atoms with van der Waals surface area (Å²) in [5.74, 6) is -1.28. The van der Waals surface area contributed by atoms with Crippen LogP contribution in [0.2, 0.25) is 0 Å². The maximum atomic E-state index is 13.7. The maximum Gasteiger partial charge on any atom is 0.234 e. The first-order valence-corrected chi connectivity index (χ1v) is 15.0. The summed E-state index contributed by atoms with van der Waals surface area (Å²) in [6, 6.07) is 19.4. The van der Waals surface area contributed by atoms with Crippen LogP contribution in [0.3, 0.4) is 0 Å². The highest BCUT2D eigenvalue weighted by Crippen LogP contribution is 2.44. The highest BCUT2D eigenvalue weighted by molar-refractivity contribution is 7.99. The van der Waals surface area contributed by atoms with E-state index in [-0.39, 0.29) is 11.7 Å². The topological polar surface area (TPSA) is 85.4 Å². The Kier molecular flexibility index (Phi) is 7.67. The highest BCUT2D eigenvalue weighted by atomic mass is 32.2. The van der Waals surface area contributed by atoms with Crippen LogP contribution in [0.15, 0.2) is 66.7 Å². The molecule has 1 unspecified atom stereocenters. The first kappa shape index (κ1) is 26.8. The predicted molar refractivity (Wildman–Crippen MR) is 150 cm³/mol. The summed E-state index contributed by atoms with van der Waals surface area (Å²) < 4.78 is 58.1. The number of hydrogen-bond acceptors (Lipinski definition) is 6. The van der Waals surface area contributed by atoms with Gasteiger partial charge in [0.05, 0.1) is 22.7 Å². The normalized spacial score (nSPS) is 14.9. The molecule has 1 atom stereocenters. The summed E-state index contributed by atoms with van der Waals surface area (Å²) in [4.78, 5) is 16.5. The number of aromatic nitrogens is 1. The molecule has 1 N–H and O–H groups in total. The molecule has 1 aliphatic heterocycles. The molecule has 0 saturated carbocycles. The van der Waals surface area contributed by atoms with E-state index < -0.39 is 27.6 Å². The van der Waals surface area contributed by atoms with Crippen LogP contribution in [0.5, 0.6) is 5.75 Å². The van der Waals surface area contributed by atoms with Crippen LogP contribution < -0.4 is 9.46 Å². The predicted octanol–water partition coefficient (Wildman–Crippen LogP) is 5.86. The molecule has 200 valence electrons. The Morgan fingerprint density at radius 2 is 1.85 bits per heavy atom. The molecule has 1 aromatic heterocycles. The fourth-order valence-electron chi connectivity index (χ4n) is 4.37. The van der Waals surface area contributed by atoms with Crippen LogP contribution in [-0.4, -0.2) is 31.3 Å². The van der Waals surface area contributed by atoms with Crippen LogP contribution in [0.25, 0.3) is 23.1 Å². The lowest BCUT2D eigenvalue weighted by Gasteiger charge is -2.19. The Morgan fingerprint density at radius 3 is 2.67 bits per heavy atom. The largest absolute Gasteiger partial charge is 0.489 e. The van der Waals surface area contributed by atoms with Gasteiger partial charge >= 0.3 is 0 Å². The van der Waals surface area contributed by atoms with E-state index in [0.717, 1.165) is 46.4 Å². The summed E-state index contributed by atoms with van der Waals surface area (Å²) in [7, 11) is -3.61. The lowest BCUT2D eigenvalue weighted by atomic mass is 9.98. The van der Waals surface area contributed by atoms with Crippen molar-refractivity contribution in [3.8, 4) is 5.75 Å². The number of nitrogens with zero attached hydrogens (tertiary/aromatic N) is 1. The van der Waals surface area contributed by atoms with Crippen LogP contribution in [0, 0.1) is 11.6 Å². The number of rotatable bonds is 7. The molecule has 0 spiro atoms. The SMILES string of the molecule is CS(=O)(=O)NC(=O)CCSC1c2ccccc2COc2ccc(/C=C/c3ccc4cc(F)c(F)cc4n3)cc21. The summed E-state index contributed by atoms with van der Waals surface area (Å²) in [6.45, 7) is 0.405. The molecule has 6 nitrogen and oxygen atoms in total. The van der Waals surface area contributed by atoms with Gasteiger partial charge in [-0.3, -0.25) is 9.52 Å². The number of amides is 1. The summed E-state index contributed by atoms with van der Waals surface area (Å²) in [5.41, 5.74) is 4.86. The first-order chi connectivity index (χ1) is 18.7. The van der Waals surface area contributed by atoms with E-state index in [1.165, 1.54) is 11.8 Å². The number of sulfonamides is 1. The first-order valence-electron chi connectivity index (χ1n) is 12.1. The number of pyridine rings is 1. The number of thioether (sulfide) groups is 1. The number of ether oxygens (including phenoxy) is 1. The van der Waals surface area contributed by atoms with Gasteiger partial charge in [0.2, 0.25) is 15.9 Å². The van der Waals surface area contributed by atoms with E-state index in [1.807, 2.05) is 53.3 Å². The van der Waals surface area contributed by atoms with Crippen molar-refractivity contribution in [1.82, 2.24) is 9.71 Å². The Morgan fingerprint density at radius 1 is 1.05 bits per heavy atom. The third-order valence-electron chi connectivity index (χ3n) is 6.15.